The molecule has 86 valence electrons. The van der Waals surface area contributed by atoms with Crippen molar-refractivity contribution in [1.82, 2.24) is 4.98 Å². The van der Waals surface area contributed by atoms with E-state index in [0.717, 1.165) is 24.5 Å². The van der Waals surface area contributed by atoms with Crippen molar-refractivity contribution in [3.8, 4) is 0 Å². The van der Waals surface area contributed by atoms with Crippen LogP contribution in [0.15, 0.2) is 30.5 Å². The lowest BCUT2D eigenvalue weighted by Gasteiger charge is -2.21. The highest BCUT2D eigenvalue weighted by molar-refractivity contribution is 5.93. The molecule has 0 atom stereocenters. The Morgan fingerprint density at radius 1 is 1.44 bits per heavy atom. The molecule has 1 aromatic heterocycles. The molecule has 1 aromatic rings. The van der Waals surface area contributed by atoms with E-state index in [0.29, 0.717) is 5.56 Å². The van der Waals surface area contributed by atoms with Gasteiger partial charge in [-0.2, -0.15) is 0 Å². The molecule has 0 radical (unpaired) electrons. The molecule has 0 aliphatic rings. The molecule has 0 amide bonds. The topological polar surface area (TPSA) is 33.2 Å². The van der Waals surface area contributed by atoms with E-state index >= 15 is 0 Å². The SMILES string of the molecule is C=C(C)CN(CC)c1ccc(C(C)=O)cn1. The molecule has 1 heterocycles. The van der Waals surface area contributed by atoms with Crippen LogP contribution in [-0.2, 0) is 0 Å². The van der Waals surface area contributed by atoms with E-state index in [-0.39, 0.29) is 5.78 Å². The lowest BCUT2D eigenvalue weighted by molar-refractivity contribution is 0.101. The zero-order valence-corrected chi connectivity index (χ0v) is 10.2. The number of Topliss-reactive ketones (excluding diaryl/α,β-unsaturated/α-hetero) is 1. The van der Waals surface area contributed by atoms with Gasteiger partial charge in [0, 0.05) is 24.8 Å². The lowest BCUT2D eigenvalue weighted by atomic mass is 10.2. The maximum atomic E-state index is 11.1. The van der Waals surface area contributed by atoms with E-state index in [1.807, 2.05) is 19.1 Å². The zero-order chi connectivity index (χ0) is 12.1. The van der Waals surface area contributed by atoms with E-state index in [4.69, 9.17) is 0 Å². The van der Waals surface area contributed by atoms with Gasteiger partial charge in [-0.05, 0) is 32.9 Å². The Kier molecular flexibility index (Phi) is 4.23. The third-order valence-corrected chi connectivity index (χ3v) is 2.32. The minimum Gasteiger partial charge on any atom is -0.353 e. The largest absolute Gasteiger partial charge is 0.353 e. The van der Waals surface area contributed by atoms with Crippen molar-refractivity contribution >= 4 is 11.6 Å². The number of carbonyl (C=O) groups is 1. The molecule has 0 aliphatic heterocycles. The average molecular weight is 218 g/mol. The first-order chi connectivity index (χ1) is 7.54. The second kappa shape index (κ2) is 5.45. The van der Waals surface area contributed by atoms with Gasteiger partial charge < -0.3 is 4.90 Å². The summed E-state index contributed by atoms with van der Waals surface area (Å²) in [7, 11) is 0. The second-order valence-electron chi connectivity index (χ2n) is 3.93. The van der Waals surface area contributed by atoms with Crippen molar-refractivity contribution in [1.29, 1.82) is 0 Å². The lowest BCUT2D eigenvalue weighted by Crippen LogP contribution is -2.25. The molecule has 0 bridgehead atoms. The minimum absolute atomic E-state index is 0.0435. The zero-order valence-electron chi connectivity index (χ0n) is 10.2. The fourth-order valence-corrected chi connectivity index (χ4v) is 1.46. The monoisotopic (exact) mass is 218 g/mol. The Balaban J connectivity index is 2.86. The Bertz CT molecular complexity index is 381. The third kappa shape index (κ3) is 3.19. The Hall–Kier alpha value is -1.64. The molecule has 0 N–H and O–H groups in total. The van der Waals surface area contributed by atoms with Gasteiger partial charge in [-0.25, -0.2) is 4.98 Å². The van der Waals surface area contributed by atoms with Crippen LogP contribution >= 0.6 is 0 Å². The number of likely N-dealkylation sites (N-methyl/N-ethyl adjacent to an activating group) is 1. The molecule has 16 heavy (non-hydrogen) atoms. The molecule has 1 rings (SSSR count). The van der Waals surface area contributed by atoms with Gasteiger partial charge in [0.2, 0.25) is 0 Å². The summed E-state index contributed by atoms with van der Waals surface area (Å²) in [4.78, 5) is 17.5. The number of anilines is 1. The van der Waals surface area contributed by atoms with Crippen LogP contribution in [0.25, 0.3) is 0 Å². The summed E-state index contributed by atoms with van der Waals surface area (Å²) in [6.45, 7) is 11.2. The van der Waals surface area contributed by atoms with Crippen LogP contribution in [0.5, 0.6) is 0 Å². The van der Waals surface area contributed by atoms with Gasteiger partial charge >= 0.3 is 0 Å². The van der Waals surface area contributed by atoms with Crippen LogP contribution in [-0.4, -0.2) is 23.9 Å². The summed E-state index contributed by atoms with van der Waals surface area (Å²) in [6.07, 6.45) is 1.62. The van der Waals surface area contributed by atoms with E-state index in [9.17, 15) is 4.79 Å². The van der Waals surface area contributed by atoms with Crippen LogP contribution in [0.3, 0.4) is 0 Å². The van der Waals surface area contributed by atoms with Crippen molar-refractivity contribution in [2.45, 2.75) is 20.8 Å². The minimum atomic E-state index is 0.0435. The fourth-order valence-electron chi connectivity index (χ4n) is 1.46. The smallest absolute Gasteiger partial charge is 0.161 e. The first-order valence-corrected chi connectivity index (χ1v) is 5.41. The van der Waals surface area contributed by atoms with Crippen molar-refractivity contribution in [2.24, 2.45) is 0 Å². The Labute approximate surface area is 96.8 Å². The number of rotatable bonds is 5. The standard InChI is InChI=1S/C13H18N2O/c1-5-15(9-10(2)3)13-7-6-12(8-14-13)11(4)16/h6-8H,2,5,9H2,1,3-4H3. The third-order valence-electron chi connectivity index (χ3n) is 2.32. The highest BCUT2D eigenvalue weighted by Gasteiger charge is 2.06. The number of pyridine rings is 1. The quantitative estimate of drug-likeness (QED) is 0.562. The van der Waals surface area contributed by atoms with Gasteiger partial charge in [-0.15, -0.1) is 0 Å². The maximum Gasteiger partial charge on any atom is 0.161 e. The van der Waals surface area contributed by atoms with E-state index in [1.54, 1.807) is 13.1 Å². The predicted molar refractivity (Wildman–Crippen MR) is 66.9 cm³/mol. The first-order valence-electron chi connectivity index (χ1n) is 5.41. The number of aromatic nitrogens is 1. The molecule has 3 nitrogen and oxygen atoms in total. The molecule has 0 saturated carbocycles. The van der Waals surface area contributed by atoms with E-state index in [2.05, 4.69) is 23.4 Å². The summed E-state index contributed by atoms with van der Waals surface area (Å²) in [5.74, 6) is 0.928. The van der Waals surface area contributed by atoms with Crippen LogP contribution in [0.2, 0.25) is 0 Å². The van der Waals surface area contributed by atoms with Gasteiger partial charge in [0.25, 0.3) is 0 Å². The molecule has 0 spiro atoms. The maximum absolute atomic E-state index is 11.1. The summed E-state index contributed by atoms with van der Waals surface area (Å²) in [6, 6.07) is 3.69. The molecule has 0 aliphatic carbocycles. The first kappa shape index (κ1) is 12.4. The van der Waals surface area contributed by atoms with Crippen LogP contribution in [0.4, 0.5) is 5.82 Å². The van der Waals surface area contributed by atoms with Crippen LogP contribution in [0.1, 0.15) is 31.1 Å². The Morgan fingerprint density at radius 2 is 2.12 bits per heavy atom. The molecular formula is C13H18N2O. The summed E-state index contributed by atoms with van der Waals surface area (Å²) >= 11 is 0. The predicted octanol–water partition coefficient (Wildman–Crippen LogP) is 2.69. The summed E-state index contributed by atoms with van der Waals surface area (Å²) < 4.78 is 0. The summed E-state index contributed by atoms with van der Waals surface area (Å²) in [5.41, 5.74) is 1.74. The van der Waals surface area contributed by atoms with Gasteiger partial charge in [-0.1, -0.05) is 12.2 Å². The number of hydrogen-bond acceptors (Lipinski definition) is 3. The number of ketones is 1. The fraction of sp³-hybridized carbons (Fsp3) is 0.385. The van der Waals surface area contributed by atoms with Gasteiger partial charge in [0.1, 0.15) is 5.82 Å². The average Bonchev–Trinajstić information content (AvgIpc) is 2.25. The molecule has 0 fully saturated rings. The van der Waals surface area contributed by atoms with Crippen LogP contribution in [0, 0.1) is 0 Å². The number of nitrogens with zero attached hydrogens (tertiary/aromatic N) is 2. The Morgan fingerprint density at radius 3 is 2.50 bits per heavy atom. The molecule has 0 aromatic carbocycles. The van der Waals surface area contributed by atoms with Crippen molar-refractivity contribution in [3.63, 3.8) is 0 Å². The normalized spacial score (nSPS) is 9.94. The molecule has 3 heteroatoms. The highest BCUT2D eigenvalue weighted by Crippen LogP contribution is 2.12. The highest BCUT2D eigenvalue weighted by atomic mass is 16.1. The van der Waals surface area contributed by atoms with E-state index < -0.39 is 0 Å². The van der Waals surface area contributed by atoms with Gasteiger partial charge in [-0.3, -0.25) is 4.79 Å². The molecular weight excluding hydrogens is 200 g/mol. The van der Waals surface area contributed by atoms with Crippen LogP contribution < -0.4 is 4.90 Å². The van der Waals surface area contributed by atoms with Crippen molar-refractivity contribution in [2.75, 3.05) is 18.0 Å². The van der Waals surface area contributed by atoms with Gasteiger partial charge in [0.05, 0.1) is 0 Å². The number of carbonyl (C=O) groups excluding carboxylic acids is 1. The van der Waals surface area contributed by atoms with E-state index in [1.165, 1.54) is 0 Å². The second-order valence-corrected chi connectivity index (χ2v) is 3.93. The number of hydrogen-bond donors (Lipinski definition) is 0. The van der Waals surface area contributed by atoms with Gasteiger partial charge in [0.15, 0.2) is 5.78 Å². The summed E-state index contributed by atoms with van der Waals surface area (Å²) in [5, 5.41) is 0. The van der Waals surface area contributed by atoms with Crippen molar-refractivity contribution < 1.29 is 4.79 Å². The van der Waals surface area contributed by atoms with Crippen molar-refractivity contribution in [3.05, 3.63) is 36.0 Å². The molecule has 0 unspecified atom stereocenters. The molecule has 0 saturated heterocycles.